The van der Waals surface area contributed by atoms with Crippen molar-refractivity contribution in [3.05, 3.63) is 29.8 Å². The van der Waals surface area contributed by atoms with Gasteiger partial charge in [-0.1, -0.05) is 19.1 Å². The molecule has 1 rings (SSSR count). The van der Waals surface area contributed by atoms with E-state index >= 15 is 0 Å². The molecule has 1 aromatic carbocycles. The first kappa shape index (κ1) is 17.5. The molecule has 1 atom stereocenters. The Hall–Kier alpha value is -1.55. The van der Waals surface area contributed by atoms with E-state index in [2.05, 4.69) is 0 Å². The Morgan fingerprint density at radius 1 is 1.33 bits per heavy atom. The highest BCUT2D eigenvalue weighted by Crippen LogP contribution is 2.23. The fourth-order valence-corrected chi connectivity index (χ4v) is 2.28. The first-order valence-electron chi connectivity index (χ1n) is 7.41. The van der Waals surface area contributed by atoms with Gasteiger partial charge in [0, 0.05) is 19.5 Å². The molecule has 0 spiro atoms. The van der Waals surface area contributed by atoms with Crippen LogP contribution in [-0.2, 0) is 4.79 Å². The predicted molar refractivity (Wildman–Crippen MR) is 84.6 cm³/mol. The first-order valence-corrected chi connectivity index (χ1v) is 7.41. The molecule has 0 saturated heterocycles. The van der Waals surface area contributed by atoms with Gasteiger partial charge in [0.05, 0.1) is 12.7 Å². The van der Waals surface area contributed by atoms with Gasteiger partial charge in [-0.2, -0.15) is 0 Å². The van der Waals surface area contributed by atoms with Crippen molar-refractivity contribution in [3.8, 4) is 5.75 Å². The van der Waals surface area contributed by atoms with E-state index in [0.717, 1.165) is 11.3 Å². The monoisotopic (exact) mass is 293 g/mol. The zero-order valence-electron chi connectivity index (χ0n) is 13.7. The van der Waals surface area contributed by atoms with Crippen molar-refractivity contribution in [2.45, 2.75) is 45.6 Å². The molecule has 0 radical (unpaired) electrons. The quantitative estimate of drug-likeness (QED) is 0.841. The molecule has 0 bridgehead atoms. The summed E-state index contributed by atoms with van der Waals surface area (Å²) >= 11 is 0. The van der Waals surface area contributed by atoms with Crippen molar-refractivity contribution in [1.82, 2.24) is 4.90 Å². The Kier molecular flexibility index (Phi) is 6.21. The van der Waals surface area contributed by atoms with Gasteiger partial charge in [-0.05, 0) is 44.4 Å². The number of likely N-dealkylation sites (N-methyl/N-ethyl adjacent to an activating group) is 1. The van der Waals surface area contributed by atoms with Gasteiger partial charge < -0.3 is 14.7 Å². The summed E-state index contributed by atoms with van der Waals surface area (Å²) in [5.41, 5.74) is 0.248. The fourth-order valence-electron chi connectivity index (χ4n) is 2.28. The molecule has 0 aromatic heterocycles. The van der Waals surface area contributed by atoms with E-state index < -0.39 is 5.60 Å². The Balaban J connectivity index is 2.67. The zero-order chi connectivity index (χ0) is 16.0. The largest absolute Gasteiger partial charge is 0.497 e. The molecular formula is C17H27NO3. The summed E-state index contributed by atoms with van der Waals surface area (Å²) in [7, 11) is 1.64. The van der Waals surface area contributed by atoms with Crippen molar-refractivity contribution < 1.29 is 14.6 Å². The summed E-state index contributed by atoms with van der Waals surface area (Å²) < 4.78 is 5.14. The van der Waals surface area contributed by atoms with Crippen LogP contribution in [0.3, 0.4) is 0 Å². The number of ether oxygens (including phenoxy) is 1. The molecule has 4 nitrogen and oxygen atoms in total. The number of hydrogen-bond acceptors (Lipinski definition) is 3. The lowest BCUT2D eigenvalue weighted by Crippen LogP contribution is -2.42. The molecule has 1 unspecified atom stereocenters. The van der Waals surface area contributed by atoms with Crippen molar-refractivity contribution >= 4 is 5.91 Å². The second-order valence-corrected chi connectivity index (χ2v) is 6.10. The Bertz CT molecular complexity index is 448. The predicted octanol–water partition coefficient (Wildman–Crippen LogP) is 2.81. The lowest BCUT2D eigenvalue weighted by molar-refractivity contribution is -0.134. The lowest BCUT2D eigenvalue weighted by atomic mass is 9.96. The first-order chi connectivity index (χ1) is 9.76. The van der Waals surface area contributed by atoms with Crippen LogP contribution in [0.25, 0.3) is 0 Å². The van der Waals surface area contributed by atoms with Crippen LogP contribution >= 0.6 is 0 Å². The maximum absolute atomic E-state index is 12.3. The zero-order valence-corrected chi connectivity index (χ0v) is 13.7. The third-order valence-electron chi connectivity index (χ3n) is 3.48. The van der Waals surface area contributed by atoms with Crippen LogP contribution in [0.2, 0.25) is 0 Å². The fraction of sp³-hybridized carbons (Fsp3) is 0.588. The van der Waals surface area contributed by atoms with Crippen molar-refractivity contribution in [2.75, 3.05) is 20.2 Å². The minimum atomic E-state index is -0.866. The van der Waals surface area contributed by atoms with Crippen LogP contribution in [0.15, 0.2) is 24.3 Å². The summed E-state index contributed by atoms with van der Waals surface area (Å²) in [6.07, 6.45) is 0.441. The molecule has 0 aliphatic carbocycles. The summed E-state index contributed by atoms with van der Waals surface area (Å²) in [6.45, 7) is 8.38. The maximum atomic E-state index is 12.3. The summed E-state index contributed by atoms with van der Waals surface area (Å²) in [4.78, 5) is 14.1. The van der Waals surface area contributed by atoms with E-state index in [0.29, 0.717) is 19.5 Å². The van der Waals surface area contributed by atoms with E-state index in [9.17, 15) is 9.90 Å². The highest BCUT2D eigenvalue weighted by molar-refractivity contribution is 5.77. The third kappa shape index (κ3) is 5.76. The average molecular weight is 293 g/mol. The van der Waals surface area contributed by atoms with Gasteiger partial charge in [0.25, 0.3) is 0 Å². The second kappa shape index (κ2) is 7.46. The van der Waals surface area contributed by atoms with E-state index in [4.69, 9.17) is 4.74 Å². The molecule has 1 N–H and O–H groups in total. The number of aliphatic hydroxyl groups is 1. The maximum Gasteiger partial charge on any atom is 0.223 e. The summed E-state index contributed by atoms with van der Waals surface area (Å²) in [5.74, 6) is 1.02. The number of rotatable bonds is 7. The van der Waals surface area contributed by atoms with Gasteiger partial charge in [-0.25, -0.2) is 0 Å². The molecule has 0 aliphatic heterocycles. The smallest absolute Gasteiger partial charge is 0.223 e. The highest BCUT2D eigenvalue weighted by atomic mass is 16.5. The van der Waals surface area contributed by atoms with Crippen molar-refractivity contribution in [1.29, 1.82) is 0 Å². The minimum absolute atomic E-state index is 0.0722. The summed E-state index contributed by atoms with van der Waals surface area (Å²) in [5, 5.41) is 9.87. The Morgan fingerprint density at radius 3 is 2.33 bits per heavy atom. The van der Waals surface area contributed by atoms with Gasteiger partial charge in [-0.15, -0.1) is 0 Å². The van der Waals surface area contributed by atoms with Gasteiger partial charge in [0.2, 0.25) is 5.91 Å². The van der Waals surface area contributed by atoms with Gasteiger partial charge in [-0.3, -0.25) is 4.79 Å². The van der Waals surface area contributed by atoms with Gasteiger partial charge >= 0.3 is 0 Å². The molecule has 4 heteroatoms. The van der Waals surface area contributed by atoms with Crippen LogP contribution in [0, 0.1) is 0 Å². The lowest BCUT2D eigenvalue weighted by Gasteiger charge is -2.29. The van der Waals surface area contributed by atoms with Crippen LogP contribution in [0.5, 0.6) is 5.75 Å². The number of carbonyl (C=O) groups is 1. The minimum Gasteiger partial charge on any atom is -0.497 e. The third-order valence-corrected chi connectivity index (χ3v) is 3.48. The average Bonchev–Trinajstić information content (AvgIpc) is 2.43. The Labute approximate surface area is 127 Å². The van der Waals surface area contributed by atoms with E-state index in [1.54, 1.807) is 25.9 Å². The number of benzene rings is 1. The van der Waals surface area contributed by atoms with E-state index in [1.165, 1.54) is 0 Å². The highest BCUT2D eigenvalue weighted by Gasteiger charge is 2.22. The van der Waals surface area contributed by atoms with Gasteiger partial charge in [0.15, 0.2) is 0 Å². The van der Waals surface area contributed by atoms with E-state index in [1.807, 2.05) is 38.1 Å². The van der Waals surface area contributed by atoms with Crippen molar-refractivity contribution in [2.24, 2.45) is 0 Å². The standard InChI is InChI=1S/C17H27NO3/c1-6-18(12-17(3,4)20)16(19)11-13(2)14-7-9-15(21-5)10-8-14/h7-10,13,20H,6,11-12H2,1-5H3. The van der Waals surface area contributed by atoms with Crippen LogP contribution < -0.4 is 4.74 Å². The number of nitrogens with zero attached hydrogens (tertiary/aromatic N) is 1. The normalized spacial score (nSPS) is 12.9. The van der Waals surface area contributed by atoms with Crippen molar-refractivity contribution in [3.63, 3.8) is 0 Å². The molecule has 0 saturated carbocycles. The molecular weight excluding hydrogens is 266 g/mol. The summed E-state index contributed by atoms with van der Waals surface area (Å²) in [6, 6.07) is 7.79. The van der Waals surface area contributed by atoms with E-state index in [-0.39, 0.29) is 11.8 Å². The number of hydrogen-bond donors (Lipinski definition) is 1. The number of carbonyl (C=O) groups excluding carboxylic acids is 1. The molecule has 21 heavy (non-hydrogen) atoms. The number of amides is 1. The molecule has 0 aliphatic rings. The molecule has 1 aromatic rings. The number of methoxy groups -OCH3 is 1. The Morgan fingerprint density at radius 2 is 1.90 bits per heavy atom. The molecule has 118 valence electrons. The molecule has 1 amide bonds. The van der Waals surface area contributed by atoms with Crippen LogP contribution in [0.1, 0.15) is 45.6 Å². The van der Waals surface area contributed by atoms with Crippen LogP contribution in [-0.4, -0.2) is 41.7 Å². The SMILES string of the molecule is CCN(CC(C)(C)O)C(=O)CC(C)c1ccc(OC)cc1. The topological polar surface area (TPSA) is 49.8 Å². The van der Waals surface area contributed by atoms with Crippen LogP contribution in [0.4, 0.5) is 0 Å². The molecule has 0 heterocycles. The molecule has 0 fully saturated rings. The van der Waals surface area contributed by atoms with Gasteiger partial charge in [0.1, 0.15) is 5.75 Å². The second-order valence-electron chi connectivity index (χ2n) is 6.10.